The smallest absolute Gasteiger partial charge is 0.317 e. The zero-order valence-electron chi connectivity index (χ0n) is 13.6. The molecule has 5 nitrogen and oxygen atoms in total. The molecule has 2 aliphatic heterocycles. The number of hydrogen-bond acceptors (Lipinski definition) is 3. The summed E-state index contributed by atoms with van der Waals surface area (Å²) >= 11 is 0. The van der Waals surface area contributed by atoms with Gasteiger partial charge in [0.25, 0.3) is 0 Å². The first-order valence-corrected chi connectivity index (χ1v) is 8.53. The zero-order chi connectivity index (χ0) is 15.9. The summed E-state index contributed by atoms with van der Waals surface area (Å²) in [5, 5.41) is 3.04. The van der Waals surface area contributed by atoms with E-state index in [1.54, 1.807) is 0 Å². The van der Waals surface area contributed by atoms with Crippen LogP contribution in [0.15, 0.2) is 30.3 Å². The quantitative estimate of drug-likeness (QED) is 0.875. The van der Waals surface area contributed by atoms with Crippen molar-refractivity contribution in [1.82, 2.24) is 10.2 Å². The lowest BCUT2D eigenvalue weighted by Gasteiger charge is -2.19. The first-order chi connectivity index (χ1) is 11.3. The SMILES string of the molecule is O=C(NC[C@@H]1CCOC1)N1CC[C@@H](COCc2ccccc2)C1. The van der Waals surface area contributed by atoms with Gasteiger partial charge in [-0.15, -0.1) is 0 Å². The largest absolute Gasteiger partial charge is 0.381 e. The molecule has 2 aliphatic rings. The average Bonchev–Trinajstić information content (AvgIpc) is 3.25. The maximum absolute atomic E-state index is 12.2. The normalized spacial score (nSPS) is 24.1. The standard InChI is InChI=1S/C18H26N2O3/c21-18(19-10-16-7-9-22-13-16)20-8-6-17(11-20)14-23-12-15-4-2-1-3-5-15/h1-5,16-17H,6-14H2,(H,19,21)/t16-,17+/m0/s1. The van der Waals surface area contributed by atoms with E-state index in [0.717, 1.165) is 52.3 Å². The number of hydrogen-bond donors (Lipinski definition) is 1. The number of rotatable bonds is 6. The van der Waals surface area contributed by atoms with E-state index < -0.39 is 0 Å². The molecule has 0 radical (unpaired) electrons. The molecule has 2 saturated heterocycles. The van der Waals surface area contributed by atoms with E-state index in [2.05, 4.69) is 17.4 Å². The number of nitrogens with one attached hydrogen (secondary N) is 1. The van der Waals surface area contributed by atoms with Crippen molar-refractivity contribution in [1.29, 1.82) is 0 Å². The van der Waals surface area contributed by atoms with Gasteiger partial charge in [-0.25, -0.2) is 4.79 Å². The third-order valence-corrected chi connectivity index (χ3v) is 4.60. The van der Waals surface area contributed by atoms with Gasteiger partial charge in [0.1, 0.15) is 0 Å². The maximum Gasteiger partial charge on any atom is 0.317 e. The minimum Gasteiger partial charge on any atom is -0.381 e. The third-order valence-electron chi connectivity index (χ3n) is 4.60. The fourth-order valence-electron chi connectivity index (χ4n) is 3.16. The Morgan fingerprint density at radius 2 is 2.13 bits per heavy atom. The second kappa shape index (κ2) is 8.31. The van der Waals surface area contributed by atoms with Crippen LogP contribution in [0.1, 0.15) is 18.4 Å². The van der Waals surface area contributed by atoms with Crippen LogP contribution >= 0.6 is 0 Å². The average molecular weight is 318 g/mol. The molecule has 1 N–H and O–H groups in total. The monoisotopic (exact) mass is 318 g/mol. The molecule has 0 aliphatic carbocycles. The molecule has 0 saturated carbocycles. The van der Waals surface area contributed by atoms with Crippen molar-refractivity contribution < 1.29 is 14.3 Å². The summed E-state index contributed by atoms with van der Waals surface area (Å²) in [6.07, 6.45) is 2.07. The summed E-state index contributed by atoms with van der Waals surface area (Å²) in [6, 6.07) is 10.3. The number of benzene rings is 1. The molecule has 3 rings (SSSR count). The summed E-state index contributed by atoms with van der Waals surface area (Å²) in [4.78, 5) is 14.1. The molecule has 0 aromatic heterocycles. The van der Waals surface area contributed by atoms with Crippen molar-refractivity contribution in [2.24, 2.45) is 11.8 Å². The number of carbonyl (C=O) groups excluding carboxylic acids is 1. The summed E-state index contributed by atoms with van der Waals surface area (Å²) in [6.45, 7) is 5.31. The van der Waals surface area contributed by atoms with Crippen molar-refractivity contribution in [3.05, 3.63) is 35.9 Å². The van der Waals surface area contributed by atoms with Crippen LogP contribution in [-0.4, -0.2) is 50.4 Å². The Morgan fingerprint density at radius 3 is 2.91 bits per heavy atom. The van der Waals surface area contributed by atoms with E-state index in [9.17, 15) is 4.79 Å². The predicted molar refractivity (Wildman–Crippen MR) is 88.1 cm³/mol. The Hall–Kier alpha value is -1.59. The van der Waals surface area contributed by atoms with Crippen LogP contribution in [0.2, 0.25) is 0 Å². The Bertz CT molecular complexity index is 488. The summed E-state index contributed by atoms with van der Waals surface area (Å²) in [7, 11) is 0. The van der Waals surface area contributed by atoms with Gasteiger partial charge in [-0.05, 0) is 18.4 Å². The van der Waals surface area contributed by atoms with Crippen molar-refractivity contribution in [3.63, 3.8) is 0 Å². The van der Waals surface area contributed by atoms with Crippen LogP contribution in [0.4, 0.5) is 4.79 Å². The molecule has 0 bridgehead atoms. The summed E-state index contributed by atoms with van der Waals surface area (Å²) in [5.74, 6) is 0.922. The van der Waals surface area contributed by atoms with Gasteiger partial charge in [0.2, 0.25) is 0 Å². The maximum atomic E-state index is 12.2. The highest BCUT2D eigenvalue weighted by atomic mass is 16.5. The lowest BCUT2D eigenvalue weighted by atomic mass is 10.1. The number of likely N-dealkylation sites (tertiary alicyclic amines) is 1. The van der Waals surface area contributed by atoms with E-state index in [1.807, 2.05) is 23.1 Å². The van der Waals surface area contributed by atoms with Crippen molar-refractivity contribution in [2.75, 3.05) is 39.5 Å². The van der Waals surface area contributed by atoms with Gasteiger partial charge in [0.05, 0.1) is 19.8 Å². The van der Waals surface area contributed by atoms with Crippen molar-refractivity contribution >= 4 is 6.03 Å². The minimum absolute atomic E-state index is 0.0578. The number of amides is 2. The molecule has 2 amide bonds. The summed E-state index contributed by atoms with van der Waals surface area (Å²) in [5.41, 5.74) is 1.19. The topological polar surface area (TPSA) is 50.8 Å². The molecule has 2 heterocycles. The number of nitrogens with zero attached hydrogens (tertiary/aromatic N) is 1. The molecule has 23 heavy (non-hydrogen) atoms. The van der Waals surface area contributed by atoms with Gasteiger partial charge >= 0.3 is 6.03 Å². The van der Waals surface area contributed by atoms with E-state index in [1.165, 1.54) is 5.56 Å². The van der Waals surface area contributed by atoms with E-state index in [4.69, 9.17) is 9.47 Å². The zero-order valence-corrected chi connectivity index (χ0v) is 13.6. The minimum atomic E-state index is 0.0578. The van der Waals surface area contributed by atoms with Gasteiger partial charge < -0.3 is 19.7 Å². The van der Waals surface area contributed by atoms with E-state index in [0.29, 0.717) is 18.4 Å². The Morgan fingerprint density at radius 1 is 1.26 bits per heavy atom. The number of ether oxygens (including phenoxy) is 2. The molecule has 126 valence electrons. The van der Waals surface area contributed by atoms with Gasteiger partial charge in [-0.3, -0.25) is 0 Å². The van der Waals surface area contributed by atoms with Gasteiger partial charge in [0, 0.05) is 38.1 Å². The predicted octanol–water partition coefficient (Wildman–Crippen LogP) is 2.27. The van der Waals surface area contributed by atoms with Crippen molar-refractivity contribution in [3.8, 4) is 0 Å². The van der Waals surface area contributed by atoms with Crippen LogP contribution in [0.3, 0.4) is 0 Å². The van der Waals surface area contributed by atoms with Crippen LogP contribution in [0.25, 0.3) is 0 Å². The van der Waals surface area contributed by atoms with Gasteiger partial charge in [-0.2, -0.15) is 0 Å². The first-order valence-electron chi connectivity index (χ1n) is 8.53. The second-order valence-corrected chi connectivity index (χ2v) is 6.52. The van der Waals surface area contributed by atoms with Gasteiger partial charge in [0.15, 0.2) is 0 Å². The third kappa shape index (κ3) is 4.94. The Balaban J connectivity index is 1.32. The molecule has 2 atom stereocenters. The molecule has 1 aromatic rings. The van der Waals surface area contributed by atoms with Crippen LogP contribution in [0, 0.1) is 11.8 Å². The number of urea groups is 1. The van der Waals surface area contributed by atoms with Crippen LogP contribution in [-0.2, 0) is 16.1 Å². The second-order valence-electron chi connectivity index (χ2n) is 6.52. The molecular formula is C18H26N2O3. The lowest BCUT2D eigenvalue weighted by Crippen LogP contribution is -2.40. The highest BCUT2D eigenvalue weighted by molar-refractivity contribution is 5.74. The molecule has 2 fully saturated rings. The van der Waals surface area contributed by atoms with Crippen molar-refractivity contribution in [2.45, 2.75) is 19.4 Å². The molecule has 1 aromatic carbocycles. The fourth-order valence-corrected chi connectivity index (χ4v) is 3.16. The van der Waals surface area contributed by atoms with Crippen LogP contribution in [0.5, 0.6) is 0 Å². The Labute approximate surface area is 137 Å². The van der Waals surface area contributed by atoms with E-state index >= 15 is 0 Å². The number of carbonyl (C=O) groups is 1. The fraction of sp³-hybridized carbons (Fsp3) is 0.611. The first kappa shape index (κ1) is 16.3. The molecular weight excluding hydrogens is 292 g/mol. The highest BCUT2D eigenvalue weighted by Gasteiger charge is 2.27. The van der Waals surface area contributed by atoms with Gasteiger partial charge in [-0.1, -0.05) is 30.3 Å². The molecule has 5 heteroatoms. The highest BCUT2D eigenvalue weighted by Crippen LogP contribution is 2.18. The summed E-state index contributed by atoms with van der Waals surface area (Å²) < 4.78 is 11.1. The molecule has 0 unspecified atom stereocenters. The molecule has 0 spiro atoms. The van der Waals surface area contributed by atoms with E-state index in [-0.39, 0.29) is 6.03 Å². The van der Waals surface area contributed by atoms with Crippen LogP contribution < -0.4 is 5.32 Å². The Kier molecular flexibility index (Phi) is 5.88. The lowest BCUT2D eigenvalue weighted by molar-refractivity contribution is 0.0897.